The number of benzene rings is 3. The first-order chi connectivity index (χ1) is 17.9. The summed E-state index contributed by atoms with van der Waals surface area (Å²) in [6.45, 7) is 0.342. The summed E-state index contributed by atoms with van der Waals surface area (Å²) >= 11 is 6.21. The summed E-state index contributed by atoms with van der Waals surface area (Å²) in [6.07, 6.45) is 0.858. The van der Waals surface area contributed by atoms with E-state index in [4.69, 9.17) is 21.1 Å². The van der Waals surface area contributed by atoms with E-state index in [1.807, 2.05) is 6.07 Å². The van der Waals surface area contributed by atoms with E-state index in [1.54, 1.807) is 73.7 Å². The van der Waals surface area contributed by atoms with Crippen molar-refractivity contribution in [2.24, 2.45) is 0 Å². The average molecular weight is 520 g/mol. The molecule has 2 aliphatic rings. The first-order valence-corrected chi connectivity index (χ1v) is 12.3. The Morgan fingerprint density at radius 2 is 1.78 bits per heavy atom. The maximum atomic E-state index is 13.6. The Kier molecular flexibility index (Phi) is 6.76. The quantitative estimate of drug-likeness (QED) is 0.521. The van der Waals surface area contributed by atoms with Crippen LogP contribution in [-0.4, -0.2) is 55.5 Å². The van der Waals surface area contributed by atoms with Gasteiger partial charge >= 0.3 is 0 Å². The van der Waals surface area contributed by atoms with Crippen LogP contribution in [0.3, 0.4) is 0 Å². The summed E-state index contributed by atoms with van der Waals surface area (Å²) < 4.78 is 10.6. The fourth-order valence-corrected chi connectivity index (χ4v) is 5.05. The third kappa shape index (κ3) is 4.84. The number of nitrogens with zero attached hydrogens (tertiary/aromatic N) is 1. The van der Waals surface area contributed by atoms with Crippen molar-refractivity contribution in [3.63, 3.8) is 0 Å². The molecule has 2 N–H and O–H groups in total. The first kappa shape index (κ1) is 24.6. The predicted molar refractivity (Wildman–Crippen MR) is 140 cm³/mol. The fourth-order valence-electron chi connectivity index (χ4n) is 4.87. The number of amides is 3. The first-order valence-electron chi connectivity index (χ1n) is 11.9. The van der Waals surface area contributed by atoms with Gasteiger partial charge in [0.25, 0.3) is 11.8 Å². The fraction of sp³-hybridized carbons (Fsp3) is 0.250. The van der Waals surface area contributed by atoms with E-state index >= 15 is 0 Å². The van der Waals surface area contributed by atoms with E-state index in [0.717, 1.165) is 11.1 Å². The van der Waals surface area contributed by atoms with Gasteiger partial charge in [0.15, 0.2) is 0 Å². The Balaban J connectivity index is 1.36. The summed E-state index contributed by atoms with van der Waals surface area (Å²) in [5, 5.41) is 6.46. The summed E-state index contributed by atoms with van der Waals surface area (Å²) in [4.78, 5) is 41.1. The molecule has 0 bridgehead atoms. The maximum Gasteiger partial charge on any atom is 0.256 e. The molecule has 2 aliphatic heterocycles. The highest BCUT2D eigenvalue weighted by Gasteiger charge is 2.40. The lowest BCUT2D eigenvalue weighted by atomic mass is 9.95. The number of piperidine rings is 1. The molecule has 0 aromatic heterocycles. The molecule has 5 rings (SSSR count). The van der Waals surface area contributed by atoms with Crippen molar-refractivity contribution in [3.05, 3.63) is 76.8 Å². The molecule has 3 aromatic rings. The van der Waals surface area contributed by atoms with Crippen LogP contribution in [0.2, 0.25) is 5.02 Å². The molecule has 2 atom stereocenters. The van der Waals surface area contributed by atoms with Crippen LogP contribution in [0.4, 0.5) is 5.69 Å². The summed E-state index contributed by atoms with van der Waals surface area (Å²) in [5.74, 6) is 0.547. The van der Waals surface area contributed by atoms with Crippen LogP contribution in [-0.2, 0) is 4.79 Å². The molecule has 3 amide bonds. The number of carbonyl (C=O) groups is 3. The highest BCUT2D eigenvalue weighted by molar-refractivity contribution is 6.31. The summed E-state index contributed by atoms with van der Waals surface area (Å²) in [6, 6.07) is 16.5. The molecular formula is C28H26ClN3O5. The third-order valence-corrected chi connectivity index (χ3v) is 7.07. The molecule has 0 spiro atoms. The van der Waals surface area contributed by atoms with E-state index in [1.165, 1.54) is 0 Å². The van der Waals surface area contributed by atoms with Crippen molar-refractivity contribution in [1.29, 1.82) is 0 Å². The summed E-state index contributed by atoms with van der Waals surface area (Å²) in [7, 11) is 3.14. The minimum atomic E-state index is -0.695. The molecule has 3 aromatic carbocycles. The van der Waals surface area contributed by atoms with Gasteiger partial charge in [-0.3, -0.25) is 14.4 Å². The summed E-state index contributed by atoms with van der Waals surface area (Å²) in [5.41, 5.74) is 2.85. The van der Waals surface area contributed by atoms with Crippen LogP contribution in [0.25, 0.3) is 11.1 Å². The van der Waals surface area contributed by atoms with Crippen LogP contribution in [0, 0.1) is 0 Å². The number of hydrogen-bond donors (Lipinski definition) is 2. The third-order valence-electron chi connectivity index (χ3n) is 6.83. The molecule has 1 fully saturated rings. The van der Waals surface area contributed by atoms with Crippen molar-refractivity contribution in [2.45, 2.75) is 24.9 Å². The molecule has 37 heavy (non-hydrogen) atoms. The van der Waals surface area contributed by atoms with Crippen molar-refractivity contribution in [1.82, 2.24) is 10.2 Å². The van der Waals surface area contributed by atoms with Gasteiger partial charge in [0.2, 0.25) is 5.91 Å². The van der Waals surface area contributed by atoms with E-state index in [-0.39, 0.29) is 23.8 Å². The van der Waals surface area contributed by atoms with E-state index < -0.39 is 6.04 Å². The number of halogens is 1. The normalized spacial score (nSPS) is 18.7. The number of fused-ring (bicyclic) bond motifs is 2. The van der Waals surface area contributed by atoms with E-state index in [2.05, 4.69) is 10.6 Å². The van der Waals surface area contributed by atoms with Gasteiger partial charge in [-0.05, 0) is 73.0 Å². The number of carbonyl (C=O) groups excluding carboxylic acids is 3. The Morgan fingerprint density at radius 3 is 2.51 bits per heavy atom. The molecule has 0 unspecified atom stereocenters. The Bertz CT molecular complexity index is 1370. The lowest BCUT2D eigenvalue weighted by molar-refractivity contribution is -0.121. The molecule has 9 heteroatoms. The molecule has 190 valence electrons. The zero-order valence-electron chi connectivity index (χ0n) is 20.4. The molecule has 8 nitrogen and oxygen atoms in total. The van der Waals surface area contributed by atoms with E-state index in [9.17, 15) is 14.4 Å². The molecule has 0 aliphatic carbocycles. The van der Waals surface area contributed by atoms with Gasteiger partial charge in [-0.1, -0.05) is 17.7 Å². The second kappa shape index (κ2) is 10.1. The van der Waals surface area contributed by atoms with Crippen LogP contribution < -0.4 is 20.1 Å². The van der Waals surface area contributed by atoms with Crippen LogP contribution >= 0.6 is 11.6 Å². The van der Waals surface area contributed by atoms with Gasteiger partial charge in [0.05, 0.1) is 25.5 Å². The van der Waals surface area contributed by atoms with Crippen molar-refractivity contribution < 1.29 is 23.9 Å². The van der Waals surface area contributed by atoms with Crippen molar-refractivity contribution >= 4 is 35.0 Å². The smallest absolute Gasteiger partial charge is 0.256 e. The number of methoxy groups -OCH3 is 2. The molecule has 2 heterocycles. The Labute approximate surface area is 219 Å². The minimum Gasteiger partial charge on any atom is -0.497 e. The van der Waals surface area contributed by atoms with Gasteiger partial charge < -0.3 is 25.0 Å². The van der Waals surface area contributed by atoms with Gasteiger partial charge in [-0.15, -0.1) is 0 Å². The van der Waals surface area contributed by atoms with Crippen molar-refractivity contribution in [3.8, 4) is 22.6 Å². The number of rotatable bonds is 5. The van der Waals surface area contributed by atoms with E-state index in [0.29, 0.717) is 52.7 Å². The van der Waals surface area contributed by atoms with Gasteiger partial charge in [0.1, 0.15) is 17.5 Å². The number of anilines is 1. The number of hydrogen-bond acceptors (Lipinski definition) is 5. The average Bonchev–Trinajstić information content (AvgIpc) is 3.02. The highest BCUT2D eigenvalue weighted by Crippen LogP contribution is 2.36. The standard InChI is InChI=1S/C28H26ClN3O5/c1-36-20-7-3-16(4-8-20)26(33)30-19-11-12-32-24(15-19)27(34)31-23-9-5-17(13-22(23)28(32)35)21-14-18(29)6-10-25(21)37-2/h3-10,13-14,19,24H,11-12,15H2,1-2H3,(H,30,33)(H,31,34)/t19-,24-/m0/s1. The zero-order valence-corrected chi connectivity index (χ0v) is 21.2. The SMILES string of the molecule is COc1ccc(C(=O)N[C@H]2CCN3C(=O)c4cc(-c5cc(Cl)ccc5OC)ccc4NC(=O)[C@@H]3C2)cc1. The molecule has 0 radical (unpaired) electrons. The largest absolute Gasteiger partial charge is 0.497 e. The predicted octanol–water partition coefficient (Wildman–Crippen LogP) is 4.38. The van der Waals surface area contributed by atoms with Gasteiger partial charge in [-0.2, -0.15) is 0 Å². The molecule has 0 saturated carbocycles. The van der Waals surface area contributed by atoms with Gasteiger partial charge in [-0.25, -0.2) is 0 Å². The van der Waals surface area contributed by atoms with Crippen LogP contribution in [0.5, 0.6) is 11.5 Å². The van der Waals surface area contributed by atoms with Crippen LogP contribution in [0.1, 0.15) is 33.6 Å². The lowest BCUT2D eigenvalue weighted by Crippen LogP contribution is -2.55. The topological polar surface area (TPSA) is 97.0 Å². The monoisotopic (exact) mass is 519 g/mol. The Morgan fingerprint density at radius 1 is 1.00 bits per heavy atom. The number of ether oxygens (including phenoxy) is 2. The number of nitrogens with one attached hydrogen (secondary N) is 2. The maximum absolute atomic E-state index is 13.6. The Hall–Kier alpha value is -4.04. The zero-order chi connectivity index (χ0) is 26.1. The second-order valence-electron chi connectivity index (χ2n) is 9.03. The molecule has 1 saturated heterocycles. The van der Waals surface area contributed by atoms with Gasteiger partial charge in [0, 0.05) is 28.7 Å². The lowest BCUT2D eigenvalue weighted by Gasteiger charge is -2.37. The van der Waals surface area contributed by atoms with Crippen molar-refractivity contribution in [2.75, 3.05) is 26.1 Å². The minimum absolute atomic E-state index is 0.232. The molecular weight excluding hydrogens is 494 g/mol. The second-order valence-corrected chi connectivity index (χ2v) is 9.47. The highest BCUT2D eigenvalue weighted by atomic mass is 35.5. The van der Waals surface area contributed by atoms with Crippen LogP contribution in [0.15, 0.2) is 60.7 Å².